The number of nitrogens with zero attached hydrogens (tertiary/aromatic N) is 6. The van der Waals surface area contributed by atoms with Gasteiger partial charge in [-0.2, -0.15) is 10.1 Å². The average molecular weight is 558 g/mol. The monoisotopic (exact) mass is 557 g/mol. The molecule has 0 spiro atoms. The number of hydrogen-bond donors (Lipinski definition) is 1. The van der Waals surface area contributed by atoms with Crippen LogP contribution in [0.4, 0.5) is 5.95 Å². The van der Waals surface area contributed by atoms with Gasteiger partial charge in [0.15, 0.2) is 5.69 Å². The summed E-state index contributed by atoms with van der Waals surface area (Å²) in [5.41, 5.74) is 3.41. The number of carbonyl (C=O) groups excluding carboxylic acids is 2. The van der Waals surface area contributed by atoms with Gasteiger partial charge in [-0.15, -0.1) is 11.6 Å². The second-order valence-corrected chi connectivity index (χ2v) is 10.9. The van der Waals surface area contributed by atoms with Gasteiger partial charge in [0, 0.05) is 31.2 Å². The molecule has 5 rings (SSSR count). The first-order valence-corrected chi connectivity index (χ1v) is 13.1. The lowest BCUT2D eigenvalue weighted by Gasteiger charge is -2.38. The van der Waals surface area contributed by atoms with Crippen LogP contribution in [0.15, 0.2) is 30.5 Å². The van der Waals surface area contributed by atoms with E-state index in [1.54, 1.807) is 39.9 Å². The predicted octanol–water partition coefficient (Wildman–Crippen LogP) is 3.55. The average Bonchev–Trinajstić information content (AvgIpc) is 3.41. The minimum atomic E-state index is -0.721. The van der Waals surface area contributed by atoms with Crippen LogP contribution in [0.2, 0.25) is 5.02 Å². The number of aromatic nitrogens is 4. The third kappa shape index (κ3) is 4.35. The number of anilines is 1. The molecule has 4 heterocycles. The van der Waals surface area contributed by atoms with Crippen LogP contribution in [-0.4, -0.2) is 75.6 Å². The molecule has 0 aliphatic carbocycles. The molecule has 1 N–H and O–H groups in total. The lowest BCUT2D eigenvalue weighted by Crippen LogP contribution is -2.53. The van der Waals surface area contributed by atoms with Crippen LogP contribution in [0.3, 0.4) is 0 Å². The SMILES string of the molecule is COc1nc(N(C)C)ncc1-n1nc2c(c1C(C)C)C(c1ccc(Cl)cc1)N(C1CNC(=O)C(Cl)C1)C2=O. The van der Waals surface area contributed by atoms with Crippen LogP contribution in [-0.2, 0) is 4.79 Å². The minimum Gasteiger partial charge on any atom is -0.479 e. The van der Waals surface area contributed by atoms with Crippen molar-refractivity contribution in [2.75, 3.05) is 32.6 Å². The first kappa shape index (κ1) is 26.2. The number of alkyl halides is 1. The highest BCUT2D eigenvalue weighted by molar-refractivity contribution is 6.31. The topological polar surface area (TPSA) is 105 Å². The standard InChI is InChI=1S/C26H29Cl2N7O3/c1-13(2)21-19-20(32-35(21)18-12-30-26(33(3)4)31-24(18)38-5)25(37)34(16-10-17(28)23(36)29-11-16)22(19)14-6-8-15(27)9-7-14/h6-9,12-13,16-17,22H,10-11H2,1-5H3,(H,29,36). The Morgan fingerprint density at radius 1 is 1.18 bits per heavy atom. The fourth-order valence-electron chi connectivity index (χ4n) is 5.17. The summed E-state index contributed by atoms with van der Waals surface area (Å²) in [5.74, 6) is 0.373. The smallest absolute Gasteiger partial charge is 0.275 e. The molecule has 3 aromatic rings. The Bertz CT molecular complexity index is 1390. The van der Waals surface area contributed by atoms with Crippen molar-refractivity contribution in [1.82, 2.24) is 30.0 Å². The van der Waals surface area contributed by atoms with Gasteiger partial charge in [0.25, 0.3) is 5.91 Å². The first-order chi connectivity index (χ1) is 18.1. The Balaban J connectivity index is 1.70. The Hall–Kier alpha value is -3.37. The van der Waals surface area contributed by atoms with E-state index in [-0.39, 0.29) is 23.8 Å². The van der Waals surface area contributed by atoms with Gasteiger partial charge in [-0.25, -0.2) is 9.67 Å². The van der Waals surface area contributed by atoms with Crippen LogP contribution < -0.4 is 15.0 Å². The van der Waals surface area contributed by atoms with E-state index in [2.05, 4.69) is 29.1 Å². The summed E-state index contributed by atoms with van der Waals surface area (Å²) in [7, 11) is 5.24. The van der Waals surface area contributed by atoms with Crippen molar-refractivity contribution in [1.29, 1.82) is 0 Å². The Labute approximate surface area is 230 Å². The summed E-state index contributed by atoms with van der Waals surface area (Å²) in [6.45, 7) is 4.42. The number of rotatable bonds is 6. The van der Waals surface area contributed by atoms with Crippen molar-refractivity contribution in [2.24, 2.45) is 0 Å². The van der Waals surface area contributed by atoms with Gasteiger partial charge in [-0.1, -0.05) is 37.6 Å². The van der Waals surface area contributed by atoms with Gasteiger partial charge in [-0.05, 0) is 30.0 Å². The van der Waals surface area contributed by atoms with E-state index in [4.69, 9.17) is 33.0 Å². The molecule has 12 heteroatoms. The van der Waals surface area contributed by atoms with Crippen molar-refractivity contribution in [3.05, 3.63) is 58.0 Å². The second kappa shape index (κ2) is 10.1. The van der Waals surface area contributed by atoms with Gasteiger partial charge in [0.2, 0.25) is 17.7 Å². The number of nitrogens with one attached hydrogen (secondary N) is 1. The van der Waals surface area contributed by atoms with Gasteiger partial charge in [0.05, 0.1) is 31.1 Å². The number of benzene rings is 1. The van der Waals surface area contributed by atoms with Gasteiger partial charge in [0.1, 0.15) is 11.1 Å². The Morgan fingerprint density at radius 2 is 1.89 bits per heavy atom. The van der Waals surface area contributed by atoms with Crippen molar-refractivity contribution >= 4 is 41.0 Å². The molecule has 0 bridgehead atoms. The number of piperidine rings is 1. The molecular formula is C26H29Cl2N7O3. The van der Waals surface area contributed by atoms with Crippen LogP contribution in [0.5, 0.6) is 5.88 Å². The maximum absolute atomic E-state index is 14.1. The zero-order valence-electron chi connectivity index (χ0n) is 21.8. The fraction of sp³-hybridized carbons (Fsp3) is 0.423. The molecule has 2 aromatic heterocycles. The fourth-order valence-corrected chi connectivity index (χ4v) is 5.58. The van der Waals surface area contributed by atoms with Crippen molar-refractivity contribution in [2.45, 2.75) is 43.6 Å². The lowest BCUT2D eigenvalue weighted by molar-refractivity contribution is -0.122. The van der Waals surface area contributed by atoms with E-state index in [1.165, 1.54) is 0 Å². The molecule has 3 atom stereocenters. The molecule has 1 aromatic carbocycles. The van der Waals surface area contributed by atoms with Gasteiger partial charge < -0.3 is 19.9 Å². The summed E-state index contributed by atoms with van der Waals surface area (Å²) >= 11 is 12.5. The number of halogens is 2. The number of methoxy groups -OCH3 is 1. The zero-order valence-corrected chi connectivity index (χ0v) is 23.3. The molecule has 2 amide bonds. The highest BCUT2D eigenvalue weighted by Gasteiger charge is 2.48. The molecule has 3 unspecified atom stereocenters. The molecule has 2 aliphatic heterocycles. The van der Waals surface area contributed by atoms with E-state index in [9.17, 15) is 9.59 Å². The lowest BCUT2D eigenvalue weighted by atomic mass is 9.93. The quantitative estimate of drug-likeness (QED) is 0.462. The maximum Gasteiger partial charge on any atom is 0.275 e. The third-order valence-corrected chi connectivity index (χ3v) is 7.52. The summed E-state index contributed by atoms with van der Waals surface area (Å²) in [5, 5.41) is 7.53. The molecule has 10 nitrogen and oxygen atoms in total. The van der Waals surface area contributed by atoms with Crippen LogP contribution >= 0.6 is 23.2 Å². The Morgan fingerprint density at radius 3 is 2.50 bits per heavy atom. The molecule has 0 saturated carbocycles. The molecular weight excluding hydrogens is 529 g/mol. The zero-order chi connectivity index (χ0) is 27.3. The number of ether oxygens (including phenoxy) is 1. The van der Waals surface area contributed by atoms with E-state index < -0.39 is 11.4 Å². The summed E-state index contributed by atoms with van der Waals surface area (Å²) < 4.78 is 7.33. The number of fused-ring (bicyclic) bond motifs is 1. The number of carbonyl (C=O) groups is 2. The summed E-state index contributed by atoms with van der Waals surface area (Å²) in [6, 6.07) is 6.70. The molecule has 38 heavy (non-hydrogen) atoms. The minimum absolute atomic E-state index is 0.0149. The molecule has 1 fully saturated rings. The second-order valence-electron chi connectivity index (χ2n) is 9.94. The van der Waals surface area contributed by atoms with Gasteiger partial charge in [-0.3, -0.25) is 9.59 Å². The van der Waals surface area contributed by atoms with Crippen molar-refractivity contribution in [3.63, 3.8) is 0 Å². The highest BCUT2D eigenvalue weighted by Crippen LogP contribution is 2.45. The normalized spacial score (nSPS) is 21.1. The maximum atomic E-state index is 14.1. The van der Waals surface area contributed by atoms with Crippen molar-refractivity contribution < 1.29 is 14.3 Å². The van der Waals surface area contributed by atoms with E-state index in [0.29, 0.717) is 41.2 Å². The van der Waals surface area contributed by atoms with E-state index in [0.717, 1.165) is 16.8 Å². The largest absolute Gasteiger partial charge is 0.479 e. The van der Waals surface area contributed by atoms with Crippen molar-refractivity contribution in [3.8, 4) is 11.6 Å². The number of amides is 2. The number of hydrogen-bond acceptors (Lipinski definition) is 7. The van der Waals surface area contributed by atoms with Gasteiger partial charge >= 0.3 is 0 Å². The Kier molecular flexibility index (Phi) is 6.96. The first-order valence-electron chi connectivity index (χ1n) is 12.3. The molecule has 200 valence electrons. The molecule has 2 aliphatic rings. The van der Waals surface area contributed by atoms with Crippen LogP contribution in [0.25, 0.3) is 5.69 Å². The summed E-state index contributed by atoms with van der Waals surface area (Å²) in [4.78, 5) is 38.7. The van der Waals surface area contributed by atoms with E-state index in [1.807, 2.05) is 26.2 Å². The van der Waals surface area contributed by atoms with E-state index >= 15 is 0 Å². The van der Waals surface area contributed by atoms with Crippen LogP contribution in [0.1, 0.15) is 59.5 Å². The summed E-state index contributed by atoms with van der Waals surface area (Å²) in [6.07, 6.45) is 2.00. The molecule has 0 radical (unpaired) electrons. The highest BCUT2D eigenvalue weighted by atomic mass is 35.5. The predicted molar refractivity (Wildman–Crippen MR) is 145 cm³/mol. The molecule has 1 saturated heterocycles. The third-order valence-electron chi connectivity index (χ3n) is 6.89. The van der Waals surface area contributed by atoms with Crippen LogP contribution in [0, 0.1) is 0 Å².